The van der Waals surface area contributed by atoms with E-state index in [4.69, 9.17) is 4.74 Å². The van der Waals surface area contributed by atoms with E-state index in [0.29, 0.717) is 24.7 Å². The number of nitrogens with zero attached hydrogens (tertiary/aromatic N) is 3. The predicted octanol–water partition coefficient (Wildman–Crippen LogP) is 2.96. The van der Waals surface area contributed by atoms with Crippen molar-refractivity contribution in [1.29, 1.82) is 0 Å². The summed E-state index contributed by atoms with van der Waals surface area (Å²) < 4.78 is 5.47. The number of benzene rings is 2. The van der Waals surface area contributed by atoms with Gasteiger partial charge < -0.3 is 19.4 Å². The van der Waals surface area contributed by atoms with Gasteiger partial charge in [0.25, 0.3) is 0 Å². The topological polar surface area (TPSA) is 53.1 Å². The molecule has 2 aromatic carbocycles. The van der Waals surface area contributed by atoms with Crippen LogP contribution >= 0.6 is 11.8 Å². The fourth-order valence-corrected chi connectivity index (χ4v) is 5.12. The Morgan fingerprint density at radius 2 is 1.71 bits per heavy atom. The van der Waals surface area contributed by atoms with Gasteiger partial charge in [-0.2, -0.15) is 0 Å². The maximum atomic E-state index is 13.2. The third-order valence-electron chi connectivity index (χ3n) is 5.69. The summed E-state index contributed by atoms with van der Waals surface area (Å²) in [6.07, 6.45) is 3.37. The standard InChI is InChI=1S/C24H27N3O3S/c1-30-22-10-6-5-9-20(22)25-13-15-26(16-14-25)24(29)21-17-31-18-27(21)23(28)12-11-19-7-3-2-4-8-19/h2-12,21H,13-18H2,1H3. The monoisotopic (exact) mass is 437 g/mol. The molecule has 1 atom stereocenters. The van der Waals surface area contributed by atoms with E-state index in [0.717, 1.165) is 30.1 Å². The van der Waals surface area contributed by atoms with Crippen LogP contribution in [0.1, 0.15) is 5.56 Å². The number of carbonyl (C=O) groups is 2. The molecule has 2 saturated heterocycles. The highest BCUT2D eigenvalue weighted by Crippen LogP contribution is 2.29. The van der Waals surface area contributed by atoms with E-state index in [1.807, 2.05) is 59.5 Å². The lowest BCUT2D eigenvalue weighted by atomic mass is 10.2. The van der Waals surface area contributed by atoms with Gasteiger partial charge in [0, 0.05) is 38.0 Å². The highest BCUT2D eigenvalue weighted by atomic mass is 32.2. The molecule has 162 valence electrons. The molecule has 0 aliphatic carbocycles. The van der Waals surface area contributed by atoms with Crippen LogP contribution in [0.2, 0.25) is 0 Å². The Hall–Kier alpha value is -2.93. The number of rotatable bonds is 5. The summed E-state index contributed by atoms with van der Waals surface area (Å²) in [5.41, 5.74) is 2.02. The molecule has 1 unspecified atom stereocenters. The second-order valence-corrected chi connectivity index (χ2v) is 8.55. The van der Waals surface area contributed by atoms with Gasteiger partial charge in [0.15, 0.2) is 0 Å². The van der Waals surface area contributed by atoms with Gasteiger partial charge in [0.1, 0.15) is 11.8 Å². The van der Waals surface area contributed by atoms with Gasteiger partial charge in [0.2, 0.25) is 11.8 Å². The number of hydrogen-bond donors (Lipinski definition) is 0. The first kappa shape index (κ1) is 21.3. The summed E-state index contributed by atoms with van der Waals surface area (Å²) in [5.74, 6) is 1.98. The molecule has 2 heterocycles. The summed E-state index contributed by atoms with van der Waals surface area (Å²) in [4.78, 5) is 31.8. The summed E-state index contributed by atoms with van der Waals surface area (Å²) in [5, 5.41) is 0. The predicted molar refractivity (Wildman–Crippen MR) is 125 cm³/mol. The molecule has 7 heteroatoms. The van der Waals surface area contributed by atoms with Crippen LogP contribution in [0, 0.1) is 0 Å². The second-order valence-electron chi connectivity index (χ2n) is 7.55. The van der Waals surface area contributed by atoms with E-state index in [1.54, 1.807) is 35.9 Å². The first-order chi connectivity index (χ1) is 15.2. The molecule has 2 aliphatic rings. The molecule has 0 bridgehead atoms. The van der Waals surface area contributed by atoms with Crippen LogP contribution < -0.4 is 9.64 Å². The zero-order valence-corrected chi connectivity index (χ0v) is 18.5. The maximum absolute atomic E-state index is 13.2. The first-order valence-electron chi connectivity index (χ1n) is 10.5. The molecule has 4 rings (SSSR count). The molecule has 2 aliphatic heterocycles. The number of hydrogen-bond acceptors (Lipinski definition) is 5. The van der Waals surface area contributed by atoms with Crippen molar-refractivity contribution < 1.29 is 14.3 Å². The van der Waals surface area contributed by atoms with Crippen molar-refractivity contribution in [1.82, 2.24) is 9.80 Å². The molecule has 2 fully saturated rings. The summed E-state index contributed by atoms with van der Waals surface area (Å²) >= 11 is 1.63. The summed E-state index contributed by atoms with van der Waals surface area (Å²) in [6.45, 7) is 2.77. The minimum absolute atomic E-state index is 0.0473. The zero-order chi connectivity index (χ0) is 21.6. The van der Waals surface area contributed by atoms with Crippen molar-refractivity contribution in [3.63, 3.8) is 0 Å². The quantitative estimate of drug-likeness (QED) is 0.674. The number of anilines is 1. The zero-order valence-electron chi connectivity index (χ0n) is 17.6. The van der Waals surface area contributed by atoms with Gasteiger partial charge in [-0.1, -0.05) is 42.5 Å². The SMILES string of the molecule is COc1ccccc1N1CCN(C(=O)C2CSCN2C(=O)C=Cc2ccccc2)CC1. The number of thioether (sulfide) groups is 1. The maximum Gasteiger partial charge on any atom is 0.247 e. The fourth-order valence-electron chi connectivity index (χ4n) is 3.96. The van der Waals surface area contributed by atoms with Crippen LogP contribution in [0.25, 0.3) is 6.08 Å². The van der Waals surface area contributed by atoms with Crippen LogP contribution in [-0.2, 0) is 9.59 Å². The number of carbonyl (C=O) groups excluding carboxylic acids is 2. The average molecular weight is 438 g/mol. The lowest BCUT2D eigenvalue weighted by molar-refractivity contribution is -0.141. The van der Waals surface area contributed by atoms with Gasteiger partial charge >= 0.3 is 0 Å². The van der Waals surface area contributed by atoms with Crippen LogP contribution in [0.4, 0.5) is 5.69 Å². The number of piperazine rings is 1. The molecule has 2 amide bonds. The van der Waals surface area contributed by atoms with E-state index in [1.165, 1.54) is 0 Å². The summed E-state index contributed by atoms with van der Waals surface area (Å²) in [7, 11) is 1.67. The van der Waals surface area contributed by atoms with Crippen LogP contribution in [0.3, 0.4) is 0 Å². The number of para-hydroxylation sites is 2. The Kier molecular flexibility index (Phi) is 6.82. The Labute approximate surface area is 187 Å². The van der Waals surface area contributed by atoms with Gasteiger partial charge in [0.05, 0.1) is 18.7 Å². The first-order valence-corrected chi connectivity index (χ1v) is 11.6. The normalized spacial score (nSPS) is 19.1. The van der Waals surface area contributed by atoms with E-state index in [-0.39, 0.29) is 11.8 Å². The van der Waals surface area contributed by atoms with Gasteiger partial charge in [-0.15, -0.1) is 11.8 Å². The van der Waals surface area contributed by atoms with E-state index in [9.17, 15) is 9.59 Å². The van der Waals surface area contributed by atoms with Crippen molar-refractivity contribution in [3.05, 3.63) is 66.2 Å². The molecule has 0 N–H and O–H groups in total. The highest BCUT2D eigenvalue weighted by Gasteiger charge is 2.37. The van der Waals surface area contributed by atoms with Gasteiger partial charge in [-0.3, -0.25) is 9.59 Å². The molecule has 0 spiro atoms. The Bertz CT molecular complexity index is 942. The number of ether oxygens (including phenoxy) is 1. The fraction of sp³-hybridized carbons (Fsp3) is 0.333. The lowest BCUT2D eigenvalue weighted by Crippen LogP contribution is -2.55. The van der Waals surface area contributed by atoms with E-state index >= 15 is 0 Å². The van der Waals surface area contributed by atoms with Gasteiger partial charge in [-0.05, 0) is 23.8 Å². The highest BCUT2D eigenvalue weighted by molar-refractivity contribution is 7.99. The molecular formula is C24H27N3O3S. The molecule has 0 saturated carbocycles. The molecule has 31 heavy (non-hydrogen) atoms. The summed E-state index contributed by atoms with van der Waals surface area (Å²) in [6, 6.07) is 17.3. The number of amides is 2. The molecule has 0 aromatic heterocycles. The van der Waals surface area contributed by atoms with Crippen molar-refractivity contribution >= 4 is 35.3 Å². The third-order valence-corrected chi connectivity index (χ3v) is 6.70. The van der Waals surface area contributed by atoms with Crippen LogP contribution in [0.15, 0.2) is 60.7 Å². The minimum atomic E-state index is -0.393. The Balaban J connectivity index is 1.37. The van der Waals surface area contributed by atoms with Crippen molar-refractivity contribution in [2.45, 2.75) is 6.04 Å². The van der Waals surface area contributed by atoms with E-state index < -0.39 is 6.04 Å². The lowest BCUT2D eigenvalue weighted by Gasteiger charge is -2.38. The van der Waals surface area contributed by atoms with Gasteiger partial charge in [-0.25, -0.2) is 0 Å². The van der Waals surface area contributed by atoms with Crippen LogP contribution in [0.5, 0.6) is 5.75 Å². The molecular weight excluding hydrogens is 410 g/mol. The van der Waals surface area contributed by atoms with E-state index in [2.05, 4.69) is 4.90 Å². The smallest absolute Gasteiger partial charge is 0.247 e. The Morgan fingerprint density at radius 1 is 1.00 bits per heavy atom. The van der Waals surface area contributed by atoms with Crippen molar-refractivity contribution in [2.24, 2.45) is 0 Å². The molecule has 0 radical (unpaired) electrons. The number of methoxy groups -OCH3 is 1. The van der Waals surface area contributed by atoms with Crippen molar-refractivity contribution in [2.75, 3.05) is 49.8 Å². The Morgan fingerprint density at radius 3 is 2.45 bits per heavy atom. The van der Waals surface area contributed by atoms with Crippen molar-refractivity contribution in [3.8, 4) is 5.75 Å². The second kappa shape index (κ2) is 9.92. The van der Waals surface area contributed by atoms with Crippen LogP contribution in [-0.4, -0.2) is 72.6 Å². The largest absolute Gasteiger partial charge is 0.495 e. The molecule has 2 aromatic rings. The third kappa shape index (κ3) is 4.88. The average Bonchev–Trinajstić information content (AvgIpc) is 3.33. The molecule has 6 nitrogen and oxygen atoms in total. The minimum Gasteiger partial charge on any atom is -0.495 e.